The van der Waals surface area contributed by atoms with E-state index in [4.69, 9.17) is 10.5 Å². The normalized spacial score (nSPS) is 10.4. The Morgan fingerprint density at radius 2 is 1.74 bits per heavy atom. The number of nitrogens with two attached hydrogens (primary N) is 1. The van der Waals surface area contributed by atoms with Gasteiger partial charge in [0.25, 0.3) is 11.8 Å². The fourth-order valence-corrected chi connectivity index (χ4v) is 2.09. The van der Waals surface area contributed by atoms with Gasteiger partial charge in [-0.25, -0.2) is 0 Å². The minimum absolute atomic E-state index is 0.145. The fourth-order valence-electron chi connectivity index (χ4n) is 2.09. The van der Waals surface area contributed by atoms with Crippen LogP contribution in [0.4, 0.5) is 5.69 Å². The lowest BCUT2D eigenvalue weighted by molar-refractivity contribution is -0.118. The van der Waals surface area contributed by atoms with E-state index in [9.17, 15) is 9.59 Å². The highest BCUT2D eigenvalue weighted by molar-refractivity contribution is 6.03. The molecular formula is C18H20N2O3. The average molecular weight is 312 g/mol. The third kappa shape index (κ3) is 4.57. The number of carbonyl (C=O) groups is 2. The summed E-state index contributed by atoms with van der Waals surface area (Å²) in [5.74, 6) is 0.114. The first-order chi connectivity index (χ1) is 11.0. The molecule has 0 spiro atoms. The monoisotopic (exact) mass is 312 g/mol. The van der Waals surface area contributed by atoms with Crippen LogP contribution >= 0.6 is 0 Å². The van der Waals surface area contributed by atoms with Crippen molar-refractivity contribution in [3.63, 3.8) is 0 Å². The van der Waals surface area contributed by atoms with E-state index in [0.29, 0.717) is 17.4 Å². The van der Waals surface area contributed by atoms with E-state index in [0.717, 1.165) is 0 Å². The SMILES string of the molecule is CC(C)c1ccc(OCC(=O)Nc2ccccc2C(N)=O)cc1. The molecule has 0 atom stereocenters. The molecule has 2 aromatic carbocycles. The molecule has 5 heteroatoms. The first-order valence-corrected chi connectivity index (χ1v) is 7.39. The van der Waals surface area contributed by atoms with Gasteiger partial charge in [-0.1, -0.05) is 38.1 Å². The Balaban J connectivity index is 1.94. The number of para-hydroxylation sites is 1. The molecule has 0 fully saturated rings. The highest BCUT2D eigenvalue weighted by Gasteiger charge is 2.10. The molecule has 0 aromatic heterocycles. The van der Waals surface area contributed by atoms with Crippen molar-refractivity contribution in [2.45, 2.75) is 19.8 Å². The predicted octanol–water partition coefficient (Wildman–Crippen LogP) is 2.93. The predicted molar refractivity (Wildman–Crippen MR) is 89.6 cm³/mol. The molecule has 5 nitrogen and oxygen atoms in total. The minimum Gasteiger partial charge on any atom is -0.484 e. The summed E-state index contributed by atoms with van der Waals surface area (Å²) in [6.07, 6.45) is 0. The third-order valence-electron chi connectivity index (χ3n) is 3.38. The van der Waals surface area contributed by atoms with Gasteiger partial charge in [-0.15, -0.1) is 0 Å². The van der Waals surface area contributed by atoms with Crippen molar-refractivity contribution in [2.75, 3.05) is 11.9 Å². The summed E-state index contributed by atoms with van der Waals surface area (Å²) in [4.78, 5) is 23.3. The van der Waals surface area contributed by atoms with Crippen LogP contribution in [0.3, 0.4) is 0 Å². The molecule has 23 heavy (non-hydrogen) atoms. The summed E-state index contributed by atoms with van der Waals surface area (Å²) in [5.41, 5.74) is 7.12. The maximum Gasteiger partial charge on any atom is 0.262 e. The van der Waals surface area contributed by atoms with Crippen molar-refractivity contribution < 1.29 is 14.3 Å². The summed E-state index contributed by atoms with van der Waals surface area (Å²) >= 11 is 0. The number of ether oxygens (including phenoxy) is 1. The molecule has 0 aliphatic rings. The van der Waals surface area contributed by atoms with Crippen LogP contribution in [0.25, 0.3) is 0 Å². The molecule has 2 aromatic rings. The summed E-state index contributed by atoms with van der Waals surface area (Å²) < 4.78 is 5.45. The number of hydrogen-bond donors (Lipinski definition) is 2. The van der Waals surface area contributed by atoms with E-state index in [2.05, 4.69) is 19.2 Å². The summed E-state index contributed by atoms with van der Waals surface area (Å²) in [6.45, 7) is 4.08. The largest absolute Gasteiger partial charge is 0.484 e. The van der Waals surface area contributed by atoms with Gasteiger partial charge >= 0.3 is 0 Å². The highest BCUT2D eigenvalue weighted by Crippen LogP contribution is 2.19. The number of hydrogen-bond acceptors (Lipinski definition) is 3. The smallest absolute Gasteiger partial charge is 0.262 e. The Labute approximate surface area is 135 Å². The molecule has 0 aliphatic carbocycles. The molecule has 0 saturated heterocycles. The first kappa shape index (κ1) is 16.5. The van der Waals surface area contributed by atoms with Crippen molar-refractivity contribution in [1.82, 2.24) is 0 Å². The zero-order chi connectivity index (χ0) is 16.8. The first-order valence-electron chi connectivity index (χ1n) is 7.39. The van der Waals surface area contributed by atoms with Crippen molar-refractivity contribution in [3.8, 4) is 5.75 Å². The van der Waals surface area contributed by atoms with E-state index >= 15 is 0 Å². The van der Waals surface area contributed by atoms with Crippen LogP contribution in [-0.4, -0.2) is 18.4 Å². The van der Waals surface area contributed by atoms with E-state index in [1.165, 1.54) is 5.56 Å². The van der Waals surface area contributed by atoms with Crippen molar-refractivity contribution >= 4 is 17.5 Å². The standard InChI is InChI=1S/C18H20N2O3/c1-12(2)13-7-9-14(10-8-13)23-11-17(21)20-16-6-4-3-5-15(16)18(19)22/h3-10,12H,11H2,1-2H3,(H2,19,22)(H,20,21). The molecule has 2 amide bonds. The number of carbonyl (C=O) groups excluding carboxylic acids is 2. The highest BCUT2D eigenvalue weighted by atomic mass is 16.5. The summed E-state index contributed by atoms with van der Waals surface area (Å²) in [7, 11) is 0. The van der Waals surface area contributed by atoms with Gasteiger partial charge in [0.1, 0.15) is 5.75 Å². The second-order valence-corrected chi connectivity index (χ2v) is 5.47. The Morgan fingerprint density at radius 1 is 1.09 bits per heavy atom. The van der Waals surface area contributed by atoms with Gasteiger partial charge in [-0.05, 0) is 35.7 Å². The van der Waals surface area contributed by atoms with E-state index < -0.39 is 5.91 Å². The van der Waals surface area contributed by atoms with Crippen LogP contribution < -0.4 is 15.8 Å². The van der Waals surface area contributed by atoms with Crippen LogP contribution in [0.1, 0.15) is 35.7 Å². The minimum atomic E-state index is -0.592. The second kappa shape index (κ2) is 7.45. The quantitative estimate of drug-likeness (QED) is 0.860. The molecular weight excluding hydrogens is 292 g/mol. The number of anilines is 1. The number of amides is 2. The van der Waals surface area contributed by atoms with E-state index in [1.807, 2.05) is 24.3 Å². The molecule has 3 N–H and O–H groups in total. The molecule has 120 valence electrons. The fraction of sp³-hybridized carbons (Fsp3) is 0.222. The number of nitrogens with one attached hydrogen (secondary N) is 1. The zero-order valence-electron chi connectivity index (χ0n) is 13.2. The lowest BCUT2D eigenvalue weighted by atomic mass is 10.0. The van der Waals surface area contributed by atoms with Gasteiger partial charge in [0, 0.05) is 0 Å². The molecule has 0 aliphatic heterocycles. The van der Waals surface area contributed by atoms with Crippen LogP contribution in [0.5, 0.6) is 5.75 Å². The van der Waals surface area contributed by atoms with E-state index in [-0.39, 0.29) is 18.1 Å². The molecule has 0 saturated carbocycles. The van der Waals surface area contributed by atoms with Crippen molar-refractivity contribution in [1.29, 1.82) is 0 Å². The maximum atomic E-state index is 11.9. The topological polar surface area (TPSA) is 81.4 Å². The lowest BCUT2D eigenvalue weighted by Gasteiger charge is -2.11. The zero-order valence-corrected chi connectivity index (χ0v) is 13.2. The molecule has 2 rings (SSSR count). The number of rotatable bonds is 6. The Bertz CT molecular complexity index is 694. The van der Waals surface area contributed by atoms with Crippen LogP contribution in [0.15, 0.2) is 48.5 Å². The third-order valence-corrected chi connectivity index (χ3v) is 3.38. The Kier molecular flexibility index (Phi) is 5.36. The van der Waals surface area contributed by atoms with Gasteiger partial charge in [0.2, 0.25) is 0 Å². The van der Waals surface area contributed by atoms with Gasteiger partial charge in [0.05, 0.1) is 11.3 Å². The molecule has 0 heterocycles. The molecule has 0 radical (unpaired) electrons. The lowest BCUT2D eigenvalue weighted by Crippen LogP contribution is -2.22. The van der Waals surface area contributed by atoms with E-state index in [1.54, 1.807) is 24.3 Å². The van der Waals surface area contributed by atoms with Gasteiger partial charge in [-0.3, -0.25) is 9.59 Å². The molecule has 0 bridgehead atoms. The van der Waals surface area contributed by atoms with Crippen molar-refractivity contribution in [3.05, 3.63) is 59.7 Å². The summed E-state index contributed by atoms with van der Waals surface area (Å²) in [5, 5.41) is 2.63. The van der Waals surface area contributed by atoms with Crippen LogP contribution in [0.2, 0.25) is 0 Å². The average Bonchev–Trinajstić information content (AvgIpc) is 2.53. The maximum absolute atomic E-state index is 11.9. The number of benzene rings is 2. The molecule has 0 unspecified atom stereocenters. The summed E-state index contributed by atoms with van der Waals surface area (Å²) in [6, 6.07) is 14.2. The van der Waals surface area contributed by atoms with Crippen molar-refractivity contribution in [2.24, 2.45) is 5.73 Å². The number of primary amides is 1. The Morgan fingerprint density at radius 3 is 2.35 bits per heavy atom. The second-order valence-electron chi connectivity index (χ2n) is 5.47. The van der Waals surface area contributed by atoms with Gasteiger partial charge in [-0.2, -0.15) is 0 Å². The van der Waals surface area contributed by atoms with Gasteiger partial charge < -0.3 is 15.8 Å². The van der Waals surface area contributed by atoms with Crippen LogP contribution in [-0.2, 0) is 4.79 Å². The van der Waals surface area contributed by atoms with Crippen LogP contribution in [0, 0.1) is 0 Å². The van der Waals surface area contributed by atoms with Gasteiger partial charge in [0.15, 0.2) is 6.61 Å². The Hall–Kier alpha value is -2.82.